The molecule has 1 aliphatic heterocycles. The molecule has 1 saturated heterocycles. The van der Waals surface area contributed by atoms with Gasteiger partial charge in [0.1, 0.15) is 0 Å². The molecule has 0 bridgehead atoms. The molecule has 1 unspecified atom stereocenters. The lowest BCUT2D eigenvalue weighted by Crippen LogP contribution is -2.05. The van der Waals surface area contributed by atoms with E-state index in [2.05, 4.69) is 9.78 Å². The Morgan fingerprint density at radius 3 is 2.86 bits per heavy atom. The van der Waals surface area contributed by atoms with Gasteiger partial charge in [0.15, 0.2) is 6.29 Å². The first-order chi connectivity index (χ1) is 3.43. The summed E-state index contributed by atoms with van der Waals surface area (Å²) in [6.07, 6.45) is 0.719. The van der Waals surface area contributed by atoms with Crippen molar-refractivity contribution >= 4 is 0 Å². The van der Waals surface area contributed by atoms with Crippen molar-refractivity contribution in [1.82, 2.24) is 0 Å². The van der Waals surface area contributed by atoms with E-state index in [4.69, 9.17) is 4.74 Å². The highest BCUT2D eigenvalue weighted by Gasteiger charge is 2.14. The van der Waals surface area contributed by atoms with Crippen molar-refractivity contribution in [2.45, 2.75) is 12.7 Å². The first-order valence-electron chi connectivity index (χ1n) is 2.24. The van der Waals surface area contributed by atoms with E-state index in [-0.39, 0.29) is 6.29 Å². The molecule has 3 heteroatoms. The van der Waals surface area contributed by atoms with Gasteiger partial charge in [-0.2, -0.15) is 0 Å². The van der Waals surface area contributed by atoms with Crippen molar-refractivity contribution in [3.05, 3.63) is 0 Å². The van der Waals surface area contributed by atoms with Crippen molar-refractivity contribution in [3.63, 3.8) is 0 Å². The van der Waals surface area contributed by atoms with Gasteiger partial charge in [0, 0.05) is 13.5 Å². The summed E-state index contributed by atoms with van der Waals surface area (Å²) in [4.78, 5) is 9.10. The average Bonchev–Trinajstić information content (AvgIpc) is 2.14. The van der Waals surface area contributed by atoms with Gasteiger partial charge in [-0.1, -0.05) is 0 Å². The molecule has 1 heterocycles. The highest BCUT2D eigenvalue weighted by Crippen LogP contribution is 2.07. The van der Waals surface area contributed by atoms with E-state index >= 15 is 0 Å². The summed E-state index contributed by atoms with van der Waals surface area (Å²) in [7, 11) is 1.60. The molecule has 3 nitrogen and oxygen atoms in total. The minimum atomic E-state index is -0.125. The van der Waals surface area contributed by atoms with E-state index < -0.39 is 0 Å². The zero-order valence-corrected chi connectivity index (χ0v) is 4.22. The van der Waals surface area contributed by atoms with Crippen molar-refractivity contribution in [3.8, 4) is 0 Å². The molecule has 7 heavy (non-hydrogen) atoms. The van der Waals surface area contributed by atoms with Crippen LogP contribution in [0, 0.1) is 0 Å². The van der Waals surface area contributed by atoms with E-state index in [0.717, 1.165) is 6.42 Å². The van der Waals surface area contributed by atoms with Gasteiger partial charge in [-0.05, 0) is 0 Å². The first kappa shape index (κ1) is 5.03. The maximum Gasteiger partial charge on any atom is 0.193 e. The zero-order chi connectivity index (χ0) is 5.11. The zero-order valence-electron chi connectivity index (χ0n) is 4.22. The SMILES string of the molecule is COC1CCOO1. The quantitative estimate of drug-likeness (QED) is 0.448. The summed E-state index contributed by atoms with van der Waals surface area (Å²) in [5.41, 5.74) is 0. The molecule has 0 aliphatic carbocycles. The summed E-state index contributed by atoms with van der Waals surface area (Å²) < 4.78 is 4.76. The van der Waals surface area contributed by atoms with Crippen LogP contribution in [0.1, 0.15) is 6.42 Å². The van der Waals surface area contributed by atoms with Gasteiger partial charge in [-0.15, -0.1) is 0 Å². The molecule has 1 atom stereocenters. The van der Waals surface area contributed by atoms with Crippen LogP contribution in [0.15, 0.2) is 0 Å². The molecule has 0 amide bonds. The Balaban J connectivity index is 2.14. The summed E-state index contributed by atoms with van der Waals surface area (Å²) in [6, 6.07) is 0. The molecule has 0 N–H and O–H groups in total. The molecule has 42 valence electrons. The highest BCUT2D eigenvalue weighted by molar-refractivity contribution is 4.42. The van der Waals surface area contributed by atoms with Crippen LogP contribution in [-0.2, 0) is 14.5 Å². The van der Waals surface area contributed by atoms with Crippen molar-refractivity contribution in [2.24, 2.45) is 0 Å². The second-order valence-corrected chi connectivity index (χ2v) is 1.37. The Bertz CT molecular complexity index is 48.9. The predicted octanol–water partition coefficient (Wildman–Crippen LogP) is 0.311. The molecular weight excluding hydrogens is 96.0 g/mol. The van der Waals surface area contributed by atoms with Crippen LogP contribution in [0.5, 0.6) is 0 Å². The Morgan fingerprint density at radius 2 is 2.57 bits per heavy atom. The van der Waals surface area contributed by atoms with Gasteiger partial charge in [0.25, 0.3) is 0 Å². The molecular formula is C4H8O3. The summed E-state index contributed by atoms with van der Waals surface area (Å²) in [5, 5.41) is 0. The highest BCUT2D eigenvalue weighted by atomic mass is 17.2. The molecule has 0 saturated carbocycles. The third kappa shape index (κ3) is 1.12. The van der Waals surface area contributed by atoms with Gasteiger partial charge < -0.3 is 4.74 Å². The van der Waals surface area contributed by atoms with Crippen molar-refractivity contribution < 1.29 is 14.5 Å². The predicted molar refractivity (Wildman–Crippen MR) is 22.5 cm³/mol. The molecule has 0 radical (unpaired) electrons. The summed E-state index contributed by atoms with van der Waals surface area (Å²) >= 11 is 0. The lowest BCUT2D eigenvalue weighted by atomic mass is 10.5. The topological polar surface area (TPSA) is 27.7 Å². The fraction of sp³-hybridized carbons (Fsp3) is 1.00. The molecule has 0 aromatic carbocycles. The van der Waals surface area contributed by atoms with Gasteiger partial charge in [0.2, 0.25) is 0 Å². The second kappa shape index (κ2) is 2.26. The Kier molecular flexibility index (Phi) is 1.62. The number of hydrogen-bond acceptors (Lipinski definition) is 3. The normalized spacial score (nSPS) is 31.3. The Labute approximate surface area is 42.1 Å². The van der Waals surface area contributed by atoms with Crippen molar-refractivity contribution in [2.75, 3.05) is 13.7 Å². The minimum Gasteiger partial charge on any atom is -0.353 e. The summed E-state index contributed by atoms with van der Waals surface area (Å²) in [6.45, 7) is 0.651. The van der Waals surface area contributed by atoms with Gasteiger partial charge in [-0.25, -0.2) is 9.78 Å². The van der Waals surface area contributed by atoms with E-state index in [1.807, 2.05) is 0 Å². The lowest BCUT2D eigenvalue weighted by molar-refractivity contribution is -0.322. The maximum atomic E-state index is 4.76. The number of ether oxygens (including phenoxy) is 1. The molecule has 0 aromatic heterocycles. The van der Waals surface area contributed by atoms with Crippen LogP contribution < -0.4 is 0 Å². The second-order valence-electron chi connectivity index (χ2n) is 1.37. The van der Waals surface area contributed by atoms with Gasteiger partial charge in [0.05, 0.1) is 6.61 Å². The fourth-order valence-corrected chi connectivity index (χ4v) is 0.474. The minimum absolute atomic E-state index is 0.125. The van der Waals surface area contributed by atoms with Crippen LogP contribution in [0.2, 0.25) is 0 Å². The van der Waals surface area contributed by atoms with Gasteiger partial charge >= 0.3 is 0 Å². The molecule has 0 spiro atoms. The Morgan fingerprint density at radius 1 is 1.71 bits per heavy atom. The van der Waals surface area contributed by atoms with Crippen LogP contribution >= 0.6 is 0 Å². The van der Waals surface area contributed by atoms with E-state index in [9.17, 15) is 0 Å². The number of hydrogen-bond donors (Lipinski definition) is 0. The Hall–Kier alpha value is -0.120. The van der Waals surface area contributed by atoms with Crippen LogP contribution in [-0.4, -0.2) is 20.0 Å². The average molecular weight is 104 g/mol. The molecule has 0 aromatic rings. The first-order valence-corrected chi connectivity index (χ1v) is 2.24. The van der Waals surface area contributed by atoms with Crippen molar-refractivity contribution in [1.29, 1.82) is 0 Å². The molecule has 1 aliphatic rings. The third-order valence-corrected chi connectivity index (χ3v) is 0.875. The third-order valence-electron chi connectivity index (χ3n) is 0.875. The fourth-order valence-electron chi connectivity index (χ4n) is 0.474. The van der Waals surface area contributed by atoms with E-state index in [1.54, 1.807) is 7.11 Å². The summed E-state index contributed by atoms with van der Waals surface area (Å²) in [5.74, 6) is 0. The van der Waals surface area contributed by atoms with Crippen LogP contribution in [0.3, 0.4) is 0 Å². The number of methoxy groups -OCH3 is 1. The molecule has 1 rings (SSSR count). The van der Waals surface area contributed by atoms with Crippen LogP contribution in [0.4, 0.5) is 0 Å². The standard InChI is InChI=1S/C4H8O3/c1-5-4-2-3-6-7-4/h4H,2-3H2,1H3. The van der Waals surface area contributed by atoms with Gasteiger partial charge in [-0.3, -0.25) is 0 Å². The smallest absolute Gasteiger partial charge is 0.193 e. The lowest BCUT2D eigenvalue weighted by Gasteiger charge is -1.99. The van der Waals surface area contributed by atoms with E-state index in [1.165, 1.54) is 0 Å². The number of rotatable bonds is 1. The maximum absolute atomic E-state index is 4.76. The van der Waals surface area contributed by atoms with E-state index in [0.29, 0.717) is 6.61 Å². The monoisotopic (exact) mass is 104 g/mol. The van der Waals surface area contributed by atoms with Crippen LogP contribution in [0.25, 0.3) is 0 Å². The molecule has 1 fully saturated rings. The largest absolute Gasteiger partial charge is 0.353 e.